The maximum Gasteiger partial charge on any atom is 0.416 e. The van der Waals surface area contributed by atoms with E-state index in [1.807, 2.05) is 10.6 Å². The standard InChI is InChI=1S/C32H32ClF4N3O3/c1-2-3-4-5-9-27(39-25-13-10-21(11-14-25)31(42)38-17-16-30(41)43-37)29-19-22-18-24(33)12-15-28(22)40(29)26-8-6-7-23(20-26)32(34,35)36/h6-8,10-15,18-20,27,39H,2-5,9,16-17H2,1H3,(H,38,42). The van der Waals surface area contributed by atoms with Crippen LogP contribution in [0.1, 0.15) is 73.1 Å². The summed E-state index contributed by atoms with van der Waals surface area (Å²) in [5, 5.41) is 7.37. The first-order chi connectivity index (χ1) is 20.6. The van der Waals surface area contributed by atoms with Gasteiger partial charge < -0.3 is 15.2 Å². The molecule has 0 aliphatic rings. The number of hydrogen-bond donors (Lipinski definition) is 2. The normalized spacial score (nSPS) is 12.2. The van der Waals surface area contributed by atoms with Crippen LogP contribution in [0.4, 0.5) is 23.4 Å². The predicted molar refractivity (Wildman–Crippen MR) is 159 cm³/mol. The number of nitrogens with zero attached hydrogens (tertiary/aromatic N) is 1. The van der Waals surface area contributed by atoms with Crippen LogP contribution in [0.2, 0.25) is 5.02 Å². The van der Waals surface area contributed by atoms with Crippen molar-refractivity contribution >= 4 is 40.1 Å². The van der Waals surface area contributed by atoms with E-state index in [9.17, 15) is 27.3 Å². The molecule has 1 aromatic heterocycles. The zero-order valence-corrected chi connectivity index (χ0v) is 24.3. The van der Waals surface area contributed by atoms with E-state index in [-0.39, 0.29) is 19.0 Å². The molecular formula is C32H32ClF4N3O3. The summed E-state index contributed by atoms with van der Waals surface area (Å²) in [6.07, 6.45) is -0.0869. The average Bonchev–Trinajstić information content (AvgIpc) is 3.37. The molecule has 2 N–H and O–H groups in total. The third kappa shape index (κ3) is 8.28. The highest BCUT2D eigenvalue weighted by molar-refractivity contribution is 6.31. The summed E-state index contributed by atoms with van der Waals surface area (Å²) in [4.78, 5) is 26.5. The number of alkyl halides is 3. The molecule has 4 aromatic rings. The fraction of sp³-hybridized carbons (Fsp3) is 0.312. The monoisotopic (exact) mass is 617 g/mol. The quantitative estimate of drug-likeness (QED) is 0.116. The molecule has 0 aliphatic carbocycles. The van der Waals surface area contributed by atoms with Crippen LogP contribution in [0, 0.1) is 0 Å². The van der Waals surface area contributed by atoms with Crippen LogP contribution in [-0.2, 0) is 15.9 Å². The van der Waals surface area contributed by atoms with Gasteiger partial charge in [-0.05, 0) is 73.2 Å². The molecule has 0 fully saturated rings. The van der Waals surface area contributed by atoms with Gasteiger partial charge in [0.25, 0.3) is 5.91 Å². The molecule has 0 radical (unpaired) electrons. The lowest BCUT2D eigenvalue weighted by Gasteiger charge is -2.23. The molecule has 1 amide bonds. The van der Waals surface area contributed by atoms with E-state index in [2.05, 4.69) is 22.5 Å². The molecule has 1 heterocycles. The van der Waals surface area contributed by atoms with E-state index in [4.69, 9.17) is 11.6 Å². The van der Waals surface area contributed by atoms with E-state index < -0.39 is 23.6 Å². The Bertz CT molecular complexity index is 1550. The molecule has 228 valence electrons. The van der Waals surface area contributed by atoms with E-state index in [0.717, 1.165) is 54.4 Å². The molecule has 0 aliphatic heterocycles. The van der Waals surface area contributed by atoms with Crippen molar-refractivity contribution in [1.82, 2.24) is 9.88 Å². The van der Waals surface area contributed by atoms with Gasteiger partial charge in [-0.3, -0.25) is 9.74 Å². The second-order valence-electron chi connectivity index (χ2n) is 10.2. The predicted octanol–water partition coefficient (Wildman–Crippen LogP) is 8.97. The molecule has 0 saturated heterocycles. The van der Waals surface area contributed by atoms with Gasteiger partial charge in [-0.2, -0.15) is 13.2 Å². The third-order valence-corrected chi connectivity index (χ3v) is 7.35. The molecule has 1 unspecified atom stereocenters. The maximum atomic E-state index is 13.7. The van der Waals surface area contributed by atoms with Crippen molar-refractivity contribution in [3.63, 3.8) is 0 Å². The lowest BCUT2D eigenvalue weighted by atomic mass is 10.0. The number of hydrogen-bond acceptors (Lipinski definition) is 4. The van der Waals surface area contributed by atoms with Crippen LogP contribution in [0.25, 0.3) is 16.6 Å². The van der Waals surface area contributed by atoms with Gasteiger partial charge in [0.15, 0.2) is 0 Å². The molecule has 0 spiro atoms. The Labute approximate surface area is 251 Å². The zero-order chi connectivity index (χ0) is 31.0. The molecule has 0 saturated carbocycles. The van der Waals surface area contributed by atoms with Gasteiger partial charge in [0.05, 0.1) is 23.5 Å². The van der Waals surface area contributed by atoms with Gasteiger partial charge in [-0.25, -0.2) is 4.79 Å². The van der Waals surface area contributed by atoms with Crippen LogP contribution >= 0.6 is 11.6 Å². The Hall–Kier alpha value is -4.05. The molecule has 0 bridgehead atoms. The van der Waals surface area contributed by atoms with Gasteiger partial charge >= 0.3 is 12.1 Å². The number of carbonyl (C=O) groups excluding carboxylic acids is 2. The molecule has 11 heteroatoms. The first kappa shape index (κ1) is 31.9. The minimum atomic E-state index is -4.50. The Kier molecular flexibility index (Phi) is 10.7. The molecule has 43 heavy (non-hydrogen) atoms. The Balaban J connectivity index is 1.68. The van der Waals surface area contributed by atoms with Crippen molar-refractivity contribution < 1.29 is 32.2 Å². The van der Waals surface area contributed by atoms with Gasteiger partial charge in [0.2, 0.25) is 0 Å². The fourth-order valence-electron chi connectivity index (χ4n) is 4.98. The van der Waals surface area contributed by atoms with Crippen molar-refractivity contribution in [3.8, 4) is 5.69 Å². The molecule has 6 nitrogen and oxygen atoms in total. The molecule has 3 aromatic carbocycles. The summed E-state index contributed by atoms with van der Waals surface area (Å²) in [5.74, 6) is -1.51. The van der Waals surface area contributed by atoms with E-state index in [1.54, 1.807) is 48.5 Å². The van der Waals surface area contributed by atoms with Crippen molar-refractivity contribution in [3.05, 3.63) is 94.6 Å². The summed E-state index contributed by atoms with van der Waals surface area (Å²) in [6.45, 7) is 2.04. The maximum absolute atomic E-state index is 13.7. The van der Waals surface area contributed by atoms with Crippen LogP contribution in [-0.4, -0.2) is 23.0 Å². The summed E-state index contributed by atoms with van der Waals surface area (Å²) in [7, 11) is 0. The lowest BCUT2D eigenvalue weighted by Crippen LogP contribution is -2.26. The minimum absolute atomic E-state index is 0.0779. The largest absolute Gasteiger partial charge is 0.416 e. The first-order valence-corrected chi connectivity index (χ1v) is 14.4. The van der Waals surface area contributed by atoms with Crippen LogP contribution in [0.5, 0.6) is 0 Å². The van der Waals surface area contributed by atoms with Gasteiger partial charge in [-0.15, -0.1) is 0 Å². The number of anilines is 1. The molecular weight excluding hydrogens is 586 g/mol. The second kappa shape index (κ2) is 14.4. The van der Waals surface area contributed by atoms with Crippen LogP contribution in [0.3, 0.4) is 0 Å². The highest BCUT2D eigenvalue weighted by Crippen LogP contribution is 2.36. The van der Waals surface area contributed by atoms with Crippen molar-refractivity contribution in [2.24, 2.45) is 0 Å². The van der Waals surface area contributed by atoms with E-state index in [1.165, 1.54) is 6.07 Å². The third-order valence-electron chi connectivity index (χ3n) is 7.12. The van der Waals surface area contributed by atoms with Crippen LogP contribution < -0.4 is 10.6 Å². The second-order valence-corrected chi connectivity index (χ2v) is 10.7. The van der Waals surface area contributed by atoms with Gasteiger partial charge in [0, 0.05) is 44.1 Å². The summed E-state index contributed by atoms with van der Waals surface area (Å²) < 4.78 is 54.7. The van der Waals surface area contributed by atoms with E-state index >= 15 is 0 Å². The molecule has 1 atom stereocenters. The Morgan fingerprint density at radius 2 is 1.74 bits per heavy atom. The number of rotatable bonds is 13. The average molecular weight is 618 g/mol. The smallest absolute Gasteiger partial charge is 0.377 e. The summed E-state index contributed by atoms with van der Waals surface area (Å²) in [6, 6.07) is 18.9. The number of amides is 1. The van der Waals surface area contributed by atoms with Crippen molar-refractivity contribution in [2.75, 3.05) is 11.9 Å². The number of benzene rings is 3. The number of fused-ring (bicyclic) bond motifs is 1. The summed E-state index contributed by atoms with van der Waals surface area (Å²) in [5.41, 5.74) is 2.18. The number of halogens is 5. The number of aromatic nitrogens is 1. The minimum Gasteiger partial charge on any atom is -0.377 e. The Morgan fingerprint density at radius 3 is 2.44 bits per heavy atom. The van der Waals surface area contributed by atoms with Gasteiger partial charge in [-0.1, -0.05) is 50.3 Å². The highest BCUT2D eigenvalue weighted by atomic mass is 35.5. The highest BCUT2D eigenvalue weighted by Gasteiger charge is 2.31. The number of nitrogens with one attached hydrogen (secondary N) is 2. The SMILES string of the molecule is CCCCCCC(Nc1ccc(C(=O)NCCC(=O)OF)cc1)c1cc2cc(Cl)ccc2n1-c1cccc(C(F)(F)F)c1. The van der Waals surface area contributed by atoms with Crippen molar-refractivity contribution in [2.45, 2.75) is 57.7 Å². The Morgan fingerprint density at radius 1 is 0.977 bits per heavy atom. The zero-order valence-electron chi connectivity index (χ0n) is 23.5. The number of unbranched alkanes of at least 4 members (excludes halogenated alkanes) is 3. The fourth-order valence-corrected chi connectivity index (χ4v) is 5.16. The summed E-state index contributed by atoms with van der Waals surface area (Å²) >= 11 is 6.29. The van der Waals surface area contributed by atoms with E-state index in [0.29, 0.717) is 28.4 Å². The topological polar surface area (TPSA) is 72.4 Å². The van der Waals surface area contributed by atoms with Gasteiger partial charge in [0.1, 0.15) is 0 Å². The lowest BCUT2D eigenvalue weighted by molar-refractivity contribution is -0.183. The first-order valence-electron chi connectivity index (χ1n) is 14.1. The number of carbonyl (C=O) groups is 2. The van der Waals surface area contributed by atoms with Crippen LogP contribution in [0.15, 0.2) is 72.8 Å². The molecule has 4 rings (SSSR count). The van der Waals surface area contributed by atoms with Crippen molar-refractivity contribution in [1.29, 1.82) is 0 Å².